The molecular formula is C6H19AlO4. The maximum atomic E-state index is 5.16. The first-order chi connectivity index (χ1) is 5.41. The fraction of sp³-hybridized carbons (Fsp3) is 1.00. The molecule has 0 rings (SSSR count). The van der Waals surface area contributed by atoms with Crippen LogP contribution in [0.15, 0.2) is 0 Å². The van der Waals surface area contributed by atoms with Crippen molar-refractivity contribution < 1.29 is 19.9 Å². The van der Waals surface area contributed by atoms with E-state index in [2.05, 4.69) is 0 Å². The third kappa shape index (κ3) is 10.4. The molecule has 0 radical (unpaired) electrons. The Morgan fingerprint density at radius 2 is 1.36 bits per heavy atom. The van der Waals surface area contributed by atoms with E-state index in [1.807, 2.05) is 0 Å². The Bertz CT molecular complexity index is 71.7. The largest absolute Gasteiger partial charge is 0.649 e. The van der Waals surface area contributed by atoms with Gasteiger partial charge in [0, 0.05) is 30.3 Å². The van der Waals surface area contributed by atoms with E-state index in [1.165, 1.54) is 0 Å². The summed E-state index contributed by atoms with van der Waals surface area (Å²) in [6.07, 6.45) is 0. The first-order valence-electron chi connectivity index (χ1n) is 3.55. The number of rotatable bonds is 8. The summed E-state index contributed by atoms with van der Waals surface area (Å²) in [6.45, 7) is 2.55. The van der Waals surface area contributed by atoms with Crippen LogP contribution >= 0.6 is 0 Å². The predicted octanol–water partition coefficient (Wildman–Crippen LogP) is 0.0709. The van der Waals surface area contributed by atoms with E-state index < -0.39 is 15.9 Å². The lowest BCUT2D eigenvalue weighted by atomic mass is 10.8. The fourth-order valence-corrected chi connectivity index (χ4v) is 1.05. The van der Waals surface area contributed by atoms with Crippen LogP contribution in [0.25, 0.3) is 0 Å². The molecule has 70 valence electrons. The molecular weight excluding hydrogens is 163 g/mol. The first-order valence-corrected chi connectivity index (χ1v) is 4.70. The van der Waals surface area contributed by atoms with E-state index >= 15 is 0 Å². The highest BCUT2D eigenvalue weighted by Crippen LogP contribution is 1.76. The number of methoxy groups -OCH3 is 2. The van der Waals surface area contributed by atoms with Gasteiger partial charge in [-0.25, -0.2) is 0 Å². The first kappa shape index (κ1) is 11.4. The van der Waals surface area contributed by atoms with Gasteiger partial charge >= 0.3 is 15.9 Å². The summed E-state index contributed by atoms with van der Waals surface area (Å²) in [6, 6.07) is 0. The van der Waals surface area contributed by atoms with Crippen molar-refractivity contribution in [2.75, 3.05) is 40.6 Å². The Balaban J connectivity index is -0.000000500. The van der Waals surface area contributed by atoms with E-state index in [9.17, 15) is 0 Å². The number of ether oxygens (including phenoxy) is 2. The quantitative estimate of drug-likeness (QED) is 0.393. The standard InChI is InChI=1S/2C3H7O2.Al.2H2.H/c2*1-5-3-2-4;;;;/h2*2-3H2,1H3;;2*1H;/q2*-1;+2;;;. The van der Waals surface area contributed by atoms with Crippen molar-refractivity contribution in [2.45, 2.75) is 0 Å². The van der Waals surface area contributed by atoms with Crippen LogP contribution in [0.1, 0.15) is 2.85 Å². The van der Waals surface area contributed by atoms with E-state index in [0.717, 1.165) is 0 Å². The molecule has 0 aliphatic carbocycles. The average Bonchev–Trinajstić information content (AvgIpc) is 2.03. The van der Waals surface area contributed by atoms with Gasteiger partial charge in [0.1, 0.15) is 0 Å². The second-order valence-electron chi connectivity index (χ2n) is 1.92. The molecule has 0 aromatic heterocycles. The lowest BCUT2D eigenvalue weighted by molar-refractivity contribution is 0.110. The van der Waals surface area contributed by atoms with Crippen LogP contribution in [0, 0.1) is 0 Å². The van der Waals surface area contributed by atoms with Crippen LogP contribution in [-0.2, 0) is 17.1 Å². The van der Waals surface area contributed by atoms with Crippen molar-refractivity contribution in [3.05, 3.63) is 0 Å². The van der Waals surface area contributed by atoms with E-state index in [-0.39, 0.29) is 2.85 Å². The molecule has 0 aromatic carbocycles. The number of hydrogen-bond acceptors (Lipinski definition) is 4. The van der Waals surface area contributed by atoms with E-state index in [1.54, 1.807) is 14.2 Å². The van der Waals surface area contributed by atoms with Crippen molar-refractivity contribution in [1.29, 1.82) is 0 Å². The molecule has 11 heavy (non-hydrogen) atoms. The van der Waals surface area contributed by atoms with Crippen LogP contribution < -0.4 is 0 Å². The lowest BCUT2D eigenvalue weighted by Gasteiger charge is -2.02. The van der Waals surface area contributed by atoms with Gasteiger partial charge in [-0.15, -0.1) is 0 Å². The maximum absolute atomic E-state index is 5.16. The van der Waals surface area contributed by atoms with Gasteiger partial charge in [-0.05, 0) is 0 Å². The molecule has 0 aliphatic heterocycles. The Kier molecular flexibility index (Phi) is 10.7. The Morgan fingerprint density at radius 3 is 1.73 bits per heavy atom. The second-order valence-corrected chi connectivity index (χ2v) is 2.97. The van der Waals surface area contributed by atoms with Gasteiger partial charge < -0.3 is 17.1 Å². The summed E-state index contributed by atoms with van der Waals surface area (Å²) in [5, 5.41) is 0. The van der Waals surface area contributed by atoms with Gasteiger partial charge in [0.05, 0.1) is 13.2 Å². The van der Waals surface area contributed by atoms with Gasteiger partial charge in [0.25, 0.3) is 0 Å². The summed E-state index contributed by atoms with van der Waals surface area (Å²) in [7, 11) is 3.30. The minimum atomic E-state index is -0.789. The molecule has 5 heteroatoms. The molecule has 0 fully saturated rings. The molecule has 0 heterocycles. The third-order valence-corrected chi connectivity index (χ3v) is 1.94. The van der Waals surface area contributed by atoms with Gasteiger partial charge in [0.15, 0.2) is 0 Å². The van der Waals surface area contributed by atoms with Crippen LogP contribution in [-0.4, -0.2) is 56.5 Å². The normalized spacial score (nSPS) is 10.0. The summed E-state index contributed by atoms with van der Waals surface area (Å²) in [4.78, 5) is 0. The molecule has 0 spiro atoms. The van der Waals surface area contributed by atoms with Crippen molar-refractivity contribution in [3.8, 4) is 0 Å². The zero-order chi connectivity index (χ0) is 8.36. The molecule has 0 bridgehead atoms. The third-order valence-electron chi connectivity index (χ3n) is 1.03. The molecule has 0 aromatic rings. The van der Waals surface area contributed by atoms with Gasteiger partial charge in [-0.1, -0.05) is 0 Å². The van der Waals surface area contributed by atoms with Crippen molar-refractivity contribution in [2.24, 2.45) is 0 Å². The van der Waals surface area contributed by atoms with Gasteiger partial charge in [0.2, 0.25) is 0 Å². The SMILES string of the molecule is COCC[O][AlH][O]CCOC.[HH].[HH]. The molecule has 0 aliphatic rings. The monoisotopic (exact) mass is 182 g/mol. The van der Waals surface area contributed by atoms with E-state index in [4.69, 9.17) is 17.1 Å². The van der Waals surface area contributed by atoms with Crippen LogP contribution in [0.5, 0.6) is 0 Å². The highest BCUT2D eigenvalue weighted by Gasteiger charge is 1.95. The summed E-state index contributed by atoms with van der Waals surface area (Å²) in [5.74, 6) is 0. The predicted molar refractivity (Wildman–Crippen MR) is 47.0 cm³/mol. The molecule has 0 atom stereocenters. The average molecular weight is 182 g/mol. The van der Waals surface area contributed by atoms with Crippen molar-refractivity contribution in [3.63, 3.8) is 0 Å². The Morgan fingerprint density at radius 1 is 0.909 bits per heavy atom. The number of hydrogen-bond donors (Lipinski definition) is 0. The highest BCUT2D eigenvalue weighted by atomic mass is 27.2. The van der Waals surface area contributed by atoms with Crippen LogP contribution in [0.2, 0.25) is 0 Å². The summed E-state index contributed by atoms with van der Waals surface area (Å²) < 4.78 is 19.9. The smallest absolute Gasteiger partial charge is 0.479 e. The van der Waals surface area contributed by atoms with E-state index in [0.29, 0.717) is 26.4 Å². The minimum Gasteiger partial charge on any atom is -0.479 e. The molecule has 0 amide bonds. The second kappa shape index (κ2) is 10.4. The van der Waals surface area contributed by atoms with Gasteiger partial charge in [-0.2, -0.15) is 0 Å². The van der Waals surface area contributed by atoms with Crippen LogP contribution in [0.4, 0.5) is 0 Å². The molecule has 0 saturated carbocycles. The Hall–Kier alpha value is 0.372. The van der Waals surface area contributed by atoms with Crippen molar-refractivity contribution in [1.82, 2.24) is 0 Å². The van der Waals surface area contributed by atoms with Crippen molar-refractivity contribution >= 4 is 15.9 Å². The summed E-state index contributed by atoms with van der Waals surface area (Å²) >= 11 is -0.789. The zero-order valence-electron chi connectivity index (χ0n) is 7.17. The maximum Gasteiger partial charge on any atom is 0.649 e. The molecule has 0 unspecified atom stereocenters. The topological polar surface area (TPSA) is 36.9 Å². The lowest BCUT2D eigenvalue weighted by Crippen LogP contribution is -2.12. The highest BCUT2D eigenvalue weighted by molar-refractivity contribution is 6.17. The molecule has 4 nitrogen and oxygen atoms in total. The molecule has 0 saturated heterocycles. The molecule has 0 N–H and O–H groups in total. The Labute approximate surface area is 77.1 Å². The fourth-order valence-electron chi connectivity index (χ4n) is 0.461. The van der Waals surface area contributed by atoms with Gasteiger partial charge in [-0.3, -0.25) is 0 Å². The summed E-state index contributed by atoms with van der Waals surface area (Å²) in [5.41, 5.74) is 0. The van der Waals surface area contributed by atoms with Crippen LogP contribution in [0.3, 0.4) is 0 Å². The zero-order valence-corrected chi connectivity index (χ0v) is 8.58. The minimum absolute atomic E-state index is 0.